The van der Waals surface area contributed by atoms with E-state index in [9.17, 15) is 9.59 Å². The average molecular weight is 359 g/mol. The molecule has 26 heavy (non-hydrogen) atoms. The molecule has 3 rings (SSSR count). The second-order valence-electron chi connectivity index (χ2n) is 7.51. The number of hydrogen-bond acceptors (Lipinski definition) is 3. The van der Waals surface area contributed by atoms with Crippen LogP contribution in [0.1, 0.15) is 43.9 Å². The van der Waals surface area contributed by atoms with Gasteiger partial charge in [-0.2, -0.15) is 0 Å². The minimum absolute atomic E-state index is 0.0407. The maximum absolute atomic E-state index is 12.6. The molecule has 0 aliphatic carbocycles. The number of ether oxygens (including phenoxy) is 1. The zero-order chi connectivity index (χ0) is 18.5. The van der Waals surface area contributed by atoms with E-state index in [0.717, 1.165) is 37.9 Å². The molecular formula is C20H29N3O3. The third-order valence-corrected chi connectivity index (χ3v) is 5.03. The molecule has 6 nitrogen and oxygen atoms in total. The van der Waals surface area contributed by atoms with Crippen LogP contribution in [0.3, 0.4) is 0 Å². The summed E-state index contributed by atoms with van der Waals surface area (Å²) in [7, 11) is 0. The van der Waals surface area contributed by atoms with Crippen LogP contribution in [-0.4, -0.2) is 54.7 Å². The van der Waals surface area contributed by atoms with Gasteiger partial charge in [-0.1, -0.05) is 38.1 Å². The molecule has 3 amide bonds. The Morgan fingerprint density at radius 2 is 1.92 bits per heavy atom. The SMILES string of the molecule is CC(C)COC(=O)N1CCc2ccccc2C1CNC(=O)N1CCCC1. The number of benzene rings is 1. The Labute approximate surface area is 155 Å². The number of carbonyl (C=O) groups excluding carboxylic acids is 2. The Hall–Kier alpha value is -2.24. The van der Waals surface area contributed by atoms with E-state index in [-0.39, 0.29) is 18.2 Å². The van der Waals surface area contributed by atoms with Gasteiger partial charge >= 0.3 is 12.1 Å². The largest absolute Gasteiger partial charge is 0.449 e. The van der Waals surface area contributed by atoms with E-state index >= 15 is 0 Å². The third-order valence-electron chi connectivity index (χ3n) is 5.03. The lowest BCUT2D eigenvalue weighted by atomic mass is 9.93. The maximum atomic E-state index is 12.6. The molecule has 0 aromatic heterocycles. The molecule has 0 radical (unpaired) electrons. The average Bonchev–Trinajstić information content (AvgIpc) is 3.18. The first-order valence-electron chi connectivity index (χ1n) is 9.60. The van der Waals surface area contributed by atoms with Gasteiger partial charge in [0.25, 0.3) is 0 Å². The molecule has 6 heteroatoms. The van der Waals surface area contributed by atoms with Gasteiger partial charge in [0, 0.05) is 26.2 Å². The smallest absolute Gasteiger partial charge is 0.410 e. The summed E-state index contributed by atoms with van der Waals surface area (Å²) >= 11 is 0. The van der Waals surface area contributed by atoms with E-state index in [1.54, 1.807) is 4.90 Å². The van der Waals surface area contributed by atoms with Gasteiger partial charge in [-0.05, 0) is 36.3 Å². The van der Waals surface area contributed by atoms with Crippen molar-refractivity contribution in [3.05, 3.63) is 35.4 Å². The molecule has 142 valence electrons. The Morgan fingerprint density at radius 3 is 2.65 bits per heavy atom. The molecule has 1 atom stereocenters. The van der Waals surface area contributed by atoms with Crippen molar-refractivity contribution in [2.24, 2.45) is 5.92 Å². The van der Waals surface area contributed by atoms with Crippen LogP contribution in [0.25, 0.3) is 0 Å². The van der Waals surface area contributed by atoms with Crippen LogP contribution in [0.15, 0.2) is 24.3 Å². The summed E-state index contributed by atoms with van der Waals surface area (Å²) < 4.78 is 5.46. The number of likely N-dealkylation sites (tertiary alicyclic amines) is 1. The second kappa shape index (κ2) is 8.43. The van der Waals surface area contributed by atoms with Crippen molar-refractivity contribution in [2.75, 3.05) is 32.8 Å². The molecule has 1 aromatic carbocycles. The number of fused-ring (bicyclic) bond motifs is 1. The topological polar surface area (TPSA) is 61.9 Å². The van der Waals surface area contributed by atoms with Crippen LogP contribution >= 0.6 is 0 Å². The Morgan fingerprint density at radius 1 is 1.19 bits per heavy atom. The van der Waals surface area contributed by atoms with Crippen molar-refractivity contribution >= 4 is 12.1 Å². The predicted molar refractivity (Wildman–Crippen MR) is 100.0 cm³/mol. The fourth-order valence-electron chi connectivity index (χ4n) is 3.63. The minimum atomic E-state index is -0.298. The number of carbonyl (C=O) groups is 2. The number of nitrogens with one attached hydrogen (secondary N) is 1. The first-order chi connectivity index (χ1) is 12.6. The fourth-order valence-corrected chi connectivity index (χ4v) is 3.63. The first-order valence-corrected chi connectivity index (χ1v) is 9.60. The monoisotopic (exact) mass is 359 g/mol. The van der Waals surface area contributed by atoms with Gasteiger partial charge in [-0.25, -0.2) is 9.59 Å². The highest BCUT2D eigenvalue weighted by Gasteiger charge is 2.32. The van der Waals surface area contributed by atoms with E-state index in [1.807, 2.05) is 36.9 Å². The summed E-state index contributed by atoms with van der Waals surface area (Å²) in [6, 6.07) is 7.92. The van der Waals surface area contributed by atoms with E-state index in [0.29, 0.717) is 25.6 Å². The van der Waals surface area contributed by atoms with Gasteiger partial charge in [0.1, 0.15) is 0 Å². The first kappa shape index (κ1) is 18.5. The van der Waals surface area contributed by atoms with Crippen molar-refractivity contribution in [2.45, 2.75) is 39.2 Å². The third kappa shape index (κ3) is 4.29. The lowest BCUT2D eigenvalue weighted by Gasteiger charge is -2.37. The quantitative estimate of drug-likeness (QED) is 0.898. The van der Waals surface area contributed by atoms with E-state index in [2.05, 4.69) is 11.4 Å². The summed E-state index contributed by atoms with van der Waals surface area (Å²) in [5.41, 5.74) is 2.34. The zero-order valence-electron chi connectivity index (χ0n) is 15.7. The van der Waals surface area contributed by atoms with E-state index < -0.39 is 0 Å². The van der Waals surface area contributed by atoms with Crippen molar-refractivity contribution in [3.63, 3.8) is 0 Å². The summed E-state index contributed by atoms with van der Waals surface area (Å²) in [6.07, 6.45) is 2.64. The van der Waals surface area contributed by atoms with Crippen LogP contribution in [0.4, 0.5) is 9.59 Å². The molecule has 1 fully saturated rings. The van der Waals surface area contributed by atoms with Crippen molar-refractivity contribution in [3.8, 4) is 0 Å². The predicted octanol–water partition coefficient (Wildman–Crippen LogP) is 3.18. The Kier molecular flexibility index (Phi) is 6.01. The number of amides is 3. The molecule has 1 unspecified atom stereocenters. The molecule has 2 aliphatic rings. The molecule has 0 spiro atoms. The van der Waals surface area contributed by atoms with E-state index in [4.69, 9.17) is 4.74 Å². The summed E-state index contributed by atoms with van der Waals surface area (Å²) in [5, 5.41) is 3.02. The van der Waals surface area contributed by atoms with Gasteiger partial charge in [0.15, 0.2) is 0 Å². The molecule has 1 aromatic rings. The Balaban J connectivity index is 1.71. The van der Waals surface area contributed by atoms with Crippen molar-refractivity contribution < 1.29 is 14.3 Å². The number of nitrogens with zero attached hydrogens (tertiary/aromatic N) is 2. The summed E-state index contributed by atoms with van der Waals surface area (Å²) in [4.78, 5) is 28.6. The summed E-state index contributed by atoms with van der Waals surface area (Å²) in [5.74, 6) is 0.296. The lowest BCUT2D eigenvalue weighted by Crippen LogP contribution is -2.47. The van der Waals surface area contributed by atoms with Gasteiger partial charge in [-0.15, -0.1) is 0 Å². The van der Waals surface area contributed by atoms with Crippen molar-refractivity contribution in [1.29, 1.82) is 0 Å². The number of urea groups is 1. The summed E-state index contributed by atoms with van der Waals surface area (Å²) in [6.45, 7) is 7.09. The minimum Gasteiger partial charge on any atom is -0.449 e. The number of hydrogen-bond donors (Lipinski definition) is 1. The lowest BCUT2D eigenvalue weighted by molar-refractivity contribution is 0.0736. The van der Waals surface area contributed by atoms with Gasteiger partial charge in [-0.3, -0.25) is 4.90 Å². The van der Waals surface area contributed by atoms with Gasteiger partial charge < -0.3 is 15.0 Å². The highest BCUT2D eigenvalue weighted by Crippen LogP contribution is 2.30. The molecule has 1 N–H and O–H groups in total. The van der Waals surface area contributed by atoms with Crippen LogP contribution in [0.2, 0.25) is 0 Å². The van der Waals surface area contributed by atoms with Crippen LogP contribution in [-0.2, 0) is 11.2 Å². The van der Waals surface area contributed by atoms with Gasteiger partial charge in [0.05, 0.1) is 12.6 Å². The Bertz CT molecular complexity index is 641. The molecule has 2 heterocycles. The van der Waals surface area contributed by atoms with Gasteiger partial charge in [0.2, 0.25) is 0 Å². The van der Waals surface area contributed by atoms with Crippen LogP contribution < -0.4 is 5.32 Å². The second-order valence-corrected chi connectivity index (χ2v) is 7.51. The molecule has 0 saturated carbocycles. The molecule has 0 bridgehead atoms. The molecule has 1 saturated heterocycles. The highest BCUT2D eigenvalue weighted by atomic mass is 16.6. The van der Waals surface area contributed by atoms with Crippen LogP contribution in [0.5, 0.6) is 0 Å². The van der Waals surface area contributed by atoms with Crippen LogP contribution in [0, 0.1) is 5.92 Å². The standard InChI is InChI=1S/C20H29N3O3/c1-15(2)14-26-20(25)23-12-9-16-7-3-4-8-17(16)18(23)13-21-19(24)22-10-5-6-11-22/h3-4,7-8,15,18H,5-6,9-14H2,1-2H3,(H,21,24). The zero-order valence-corrected chi connectivity index (χ0v) is 15.7. The fraction of sp³-hybridized carbons (Fsp3) is 0.600. The van der Waals surface area contributed by atoms with Crippen molar-refractivity contribution in [1.82, 2.24) is 15.1 Å². The maximum Gasteiger partial charge on any atom is 0.410 e. The highest BCUT2D eigenvalue weighted by molar-refractivity contribution is 5.75. The molecular weight excluding hydrogens is 330 g/mol. The molecule has 2 aliphatic heterocycles. The number of rotatable bonds is 4. The van der Waals surface area contributed by atoms with E-state index in [1.165, 1.54) is 5.56 Å². The normalized spacial score (nSPS) is 19.4.